The minimum Gasteiger partial charge on any atom is -0.473 e. The number of nitrogens with zero attached hydrogens (tertiary/aromatic N) is 5. The van der Waals surface area contributed by atoms with Crippen LogP contribution in [0, 0.1) is 13.8 Å². The Morgan fingerprint density at radius 2 is 1.85 bits per heavy atom. The van der Waals surface area contributed by atoms with Gasteiger partial charge >= 0.3 is 0 Å². The van der Waals surface area contributed by atoms with Gasteiger partial charge in [0.05, 0.1) is 28.6 Å². The summed E-state index contributed by atoms with van der Waals surface area (Å²) < 4.78 is 6.08. The number of piperidine rings is 1. The van der Waals surface area contributed by atoms with Crippen LogP contribution >= 0.6 is 11.6 Å². The van der Waals surface area contributed by atoms with Gasteiger partial charge in [0, 0.05) is 37.2 Å². The van der Waals surface area contributed by atoms with E-state index in [4.69, 9.17) is 21.3 Å². The summed E-state index contributed by atoms with van der Waals surface area (Å²) in [6, 6.07) is 5.58. The molecule has 26 heavy (non-hydrogen) atoms. The molecule has 0 amide bonds. The van der Waals surface area contributed by atoms with E-state index in [0.717, 1.165) is 54.2 Å². The van der Waals surface area contributed by atoms with Crippen LogP contribution in [0.1, 0.15) is 24.2 Å². The van der Waals surface area contributed by atoms with Crippen molar-refractivity contribution in [2.45, 2.75) is 32.8 Å². The van der Waals surface area contributed by atoms with Gasteiger partial charge in [0.1, 0.15) is 11.9 Å². The monoisotopic (exact) mass is 369 g/mol. The van der Waals surface area contributed by atoms with E-state index in [1.807, 2.05) is 38.2 Å². The molecule has 0 saturated carbocycles. The lowest BCUT2D eigenvalue weighted by molar-refractivity contribution is 0.161. The summed E-state index contributed by atoms with van der Waals surface area (Å²) in [6.45, 7) is 5.59. The van der Waals surface area contributed by atoms with Crippen LogP contribution in [0.3, 0.4) is 0 Å². The van der Waals surface area contributed by atoms with Crippen LogP contribution in [0.4, 0.5) is 5.82 Å². The third kappa shape index (κ3) is 3.55. The maximum absolute atomic E-state index is 6.08. The minimum atomic E-state index is 0.147. The van der Waals surface area contributed by atoms with Gasteiger partial charge in [0.25, 0.3) is 0 Å². The predicted molar refractivity (Wildman–Crippen MR) is 102 cm³/mol. The smallest absolute Gasteiger partial charge is 0.235 e. The molecule has 0 bridgehead atoms. The van der Waals surface area contributed by atoms with Crippen molar-refractivity contribution in [2.24, 2.45) is 0 Å². The summed E-state index contributed by atoms with van der Waals surface area (Å²) in [5.41, 5.74) is 3.37. The largest absolute Gasteiger partial charge is 0.473 e. The van der Waals surface area contributed by atoms with E-state index in [1.54, 1.807) is 6.20 Å². The Bertz CT molecular complexity index is 940. The Morgan fingerprint density at radius 3 is 2.65 bits per heavy atom. The van der Waals surface area contributed by atoms with Gasteiger partial charge in [-0.15, -0.1) is 0 Å². The highest BCUT2D eigenvalue weighted by atomic mass is 35.5. The van der Waals surface area contributed by atoms with E-state index in [0.29, 0.717) is 10.9 Å². The van der Waals surface area contributed by atoms with Crippen molar-refractivity contribution >= 4 is 28.5 Å². The molecule has 2 aromatic heterocycles. The molecule has 4 rings (SSSR count). The lowest BCUT2D eigenvalue weighted by Crippen LogP contribution is -2.39. The molecule has 1 aromatic carbocycles. The normalized spacial score (nSPS) is 15.4. The first kappa shape index (κ1) is 17.0. The number of rotatable bonds is 3. The number of aromatic nitrogens is 4. The highest BCUT2D eigenvalue weighted by Gasteiger charge is 2.23. The molecule has 3 aromatic rings. The lowest BCUT2D eigenvalue weighted by atomic mass is 10.1. The van der Waals surface area contributed by atoms with E-state index >= 15 is 0 Å². The fourth-order valence-electron chi connectivity index (χ4n) is 3.11. The van der Waals surface area contributed by atoms with Crippen LogP contribution in [0.25, 0.3) is 11.0 Å². The number of fused-ring (bicyclic) bond motifs is 1. The van der Waals surface area contributed by atoms with Crippen LogP contribution in [0.5, 0.6) is 5.88 Å². The third-order valence-electron chi connectivity index (χ3n) is 4.57. The first-order valence-corrected chi connectivity index (χ1v) is 9.10. The molecule has 0 unspecified atom stereocenters. The first-order valence-electron chi connectivity index (χ1n) is 8.72. The molecule has 1 saturated heterocycles. The van der Waals surface area contributed by atoms with Crippen molar-refractivity contribution in [3.05, 3.63) is 47.0 Å². The van der Waals surface area contributed by atoms with Gasteiger partial charge in [-0.2, -0.15) is 0 Å². The number of halogens is 1. The quantitative estimate of drug-likeness (QED) is 0.700. The standard InChI is InChI=1S/C19H20ClN5O/c1-12-10-21-13(2)19(23-12)26-15-5-7-25(8-6-15)18-11-22-17-9-14(20)3-4-16(17)24-18/h3-4,9-11,15H,5-8H2,1-2H3. The molecule has 7 heteroatoms. The second-order valence-electron chi connectivity index (χ2n) is 6.57. The van der Waals surface area contributed by atoms with Gasteiger partial charge in [-0.3, -0.25) is 9.97 Å². The van der Waals surface area contributed by atoms with Gasteiger partial charge in [-0.1, -0.05) is 11.6 Å². The fraction of sp³-hybridized carbons (Fsp3) is 0.368. The minimum absolute atomic E-state index is 0.147. The van der Waals surface area contributed by atoms with Crippen LogP contribution in [-0.2, 0) is 0 Å². The number of anilines is 1. The lowest BCUT2D eigenvalue weighted by Gasteiger charge is -2.32. The molecule has 134 valence electrons. The molecule has 1 fully saturated rings. The number of hydrogen-bond acceptors (Lipinski definition) is 6. The molecule has 0 N–H and O–H groups in total. The maximum Gasteiger partial charge on any atom is 0.235 e. The Balaban J connectivity index is 1.43. The zero-order valence-electron chi connectivity index (χ0n) is 14.8. The highest BCUT2D eigenvalue weighted by molar-refractivity contribution is 6.31. The van der Waals surface area contributed by atoms with Crippen molar-refractivity contribution < 1.29 is 4.74 Å². The maximum atomic E-state index is 6.08. The molecule has 0 aliphatic carbocycles. The zero-order chi connectivity index (χ0) is 18.1. The Labute approximate surface area is 157 Å². The summed E-state index contributed by atoms with van der Waals surface area (Å²) in [7, 11) is 0. The summed E-state index contributed by atoms with van der Waals surface area (Å²) in [6.07, 6.45) is 5.55. The Hall–Kier alpha value is -2.47. The van der Waals surface area contributed by atoms with Crippen molar-refractivity contribution in [2.75, 3.05) is 18.0 Å². The van der Waals surface area contributed by atoms with E-state index in [9.17, 15) is 0 Å². The Kier molecular flexibility index (Phi) is 4.59. The third-order valence-corrected chi connectivity index (χ3v) is 4.80. The van der Waals surface area contributed by atoms with Crippen molar-refractivity contribution in [1.82, 2.24) is 19.9 Å². The van der Waals surface area contributed by atoms with E-state index in [-0.39, 0.29) is 6.10 Å². The topological polar surface area (TPSA) is 64.0 Å². The average Bonchev–Trinajstić information content (AvgIpc) is 2.65. The van der Waals surface area contributed by atoms with Crippen LogP contribution in [0.2, 0.25) is 5.02 Å². The van der Waals surface area contributed by atoms with Gasteiger partial charge in [0.2, 0.25) is 5.88 Å². The molecule has 1 aliphatic rings. The molecule has 0 spiro atoms. The molecule has 0 radical (unpaired) electrons. The summed E-state index contributed by atoms with van der Waals surface area (Å²) in [5.74, 6) is 1.54. The van der Waals surface area contributed by atoms with Crippen LogP contribution < -0.4 is 9.64 Å². The second-order valence-corrected chi connectivity index (χ2v) is 7.00. The SMILES string of the molecule is Cc1cnc(C)c(OC2CCN(c3cnc4cc(Cl)ccc4n3)CC2)n1. The highest BCUT2D eigenvalue weighted by Crippen LogP contribution is 2.24. The van der Waals surface area contributed by atoms with Gasteiger partial charge in [0.15, 0.2) is 0 Å². The summed E-state index contributed by atoms with van der Waals surface area (Å²) in [5, 5.41) is 0.673. The molecule has 1 aliphatic heterocycles. The van der Waals surface area contributed by atoms with Crippen molar-refractivity contribution in [3.63, 3.8) is 0 Å². The molecular formula is C19H20ClN5O. The Morgan fingerprint density at radius 1 is 1.04 bits per heavy atom. The number of benzene rings is 1. The van der Waals surface area contributed by atoms with E-state index in [1.165, 1.54) is 0 Å². The van der Waals surface area contributed by atoms with Crippen molar-refractivity contribution in [3.8, 4) is 5.88 Å². The van der Waals surface area contributed by atoms with E-state index in [2.05, 4.69) is 19.9 Å². The van der Waals surface area contributed by atoms with Crippen LogP contribution in [-0.4, -0.2) is 39.1 Å². The van der Waals surface area contributed by atoms with Crippen molar-refractivity contribution in [1.29, 1.82) is 0 Å². The first-order chi connectivity index (χ1) is 12.6. The van der Waals surface area contributed by atoms with Gasteiger partial charge in [-0.05, 0) is 32.0 Å². The molecule has 0 atom stereocenters. The molecule has 6 nitrogen and oxygen atoms in total. The summed E-state index contributed by atoms with van der Waals surface area (Å²) >= 11 is 6.01. The fourth-order valence-corrected chi connectivity index (χ4v) is 3.28. The average molecular weight is 370 g/mol. The van der Waals surface area contributed by atoms with E-state index < -0.39 is 0 Å². The number of aryl methyl sites for hydroxylation is 2. The summed E-state index contributed by atoms with van der Waals surface area (Å²) in [4.78, 5) is 20.2. The van der Waals surface area contributed by atoms with Gasteiger partial charge < -0.3 is 9.64 Å². The second kappa shape index (κ2) is 7.03. The number of hydrogen-bond donors (Lipinski definition) is 0. The molecular weight excluding hydrogens is 350 g/mol. The zero-order valence-corrected chi connectivity index (χ0v) is 15.6. The number of ether oxygens (including phenoxy) is 1. The predicted octanol–water partition coefficient (Wildman–Crippen LogP) is 3.74. The van der Waals surface area contributed by atoms with Crippen LogP contribution in [0.15, 0.2) is 30.6 Å². The molecule has 3 heterocycles. The van der Waals surface area contributed by atoms with Gasteiger partial charge in [-0.25, -0.2) is 9.97 Å².